The van der Waals surface area contributed by atoms with Crippen molar-refractivity contribution in [1.29, 1.82) is 0 Å². The van der Waals surface area contributed by atoms with Crippen molar-refractivity contribution < 1.29 is 0 Å². The third kappa shape index (κ3) is 3.17. The average Bonchev–Trinajstić information content (AvgIpc) is 3.07. The molecule has 4 heteroatoms. The largest absolute Gasteiger partial charge is 0.341 e. The third-order valence-electron chi connectivity index (χ3n) is 3.62. The zero-order valence-electron chi connectivity index (χ0n) is 12.6. The van der Waals surface area contributed by atoms with Crippen LogP contribution in [0.5, 0.6) is 0 Å². The molecule has 3 nitrogen and oxygen atoms in total. The summed E-state index contributed by atoms with van der Waals surface area (Å²) >= 11 is 1.73. The summed E-state index contributed by atoms with van der Waals surface area (Å²) in [4.78, 5) is 4.56. The van der Waals surface area contributed by atoms with Crippen LogP contribution in [0.15, 0.2) is 35.8 Å². The number of benzene rings is 1. The van der Waals surface area contributed by atoms with Gasteiger partial charge in [-0.1, -0.05) is 19.1 Å². The first-order chi connectivity index (χ1) is 10.3. The average molecular weight is 299 g/mol. The Morgan fingerprint density at radius 3 is 2.95 bits per heavy atom. The lowest BCUT2D eigenvalue weighted by Crippen LogP contribution is -2.13. The zero-order valence-corrected chi connectivity index (χ0v) is 13.4. The number of aromatic nitrogens is 2. The Labute approximate surface area is 129 Å². The van der Waals surface area contributed by atoms with Gasteiger partial charge in [-0.15, -0.1) is 11.3 Å². The van der Waals surface area contributed by atoms with Crippen molar-refractivity contribution in [2.75, 3.05) is 6.54 Å². The first-order valence-corrected chi connectivity index (χ1v) is 8.34. The van der Waals surface area contributed by atoms with Crippen molar-refractivity contribution in [2.24, 2.45) is 0 Å². The van der Waals surface area contributed by atoms with E-state index in [0.29, 0.717) is 0 Å². The standard InChI is InChI=1S/C17H21N3S/c1-3-8-18-10-14-5-4-6-16-15(14)7-9-20(16)11-17-19-13(2)12-21-17/h4-7,9,12,18H,3,8,10-11H2,1-2H3. The van der Waals surface area contributed by atoms with E-state index in [9.17, 15) is 0 Å². The van der Waals surface area contributed by atoms with Gasteiger partial charge in [0.1, 0.15) is 5.01 Å². The molecule has 0 atom stereocenters. The van der Waals surface area contributed by atoms with E-state index in [2.05, 4.69) is 57.6 Å². The quantitative estimate of drug-likeness (QED) is 0.698. The number of nitrogens with one attached hydrogen (secondary N) is 1. The van der Waals surface area contributed by atoms with Crippen LogP contribution in [0, 0.1) is 6.92 Å². The molecule has 2 aromatic heterocycles. The van der Waals surface area contributed by atoms with E-state index in [0.717, 1.165) is 25.3 Å². The summed E-state index contributed by atoms with van der Waals surface area (Å²) < 4.78 is 2.29. The normalized spacial score (nSPS) is 11.3. The van der Waals surface area contributed by atoms with E-state index < -0.39 is 0 Å². The van der Waals surface area contributed by atoms with Crippen molar-refractivity contribution in [3.8, 4) is 0 Å². The molecule has 1 N–H and O–H groups in total. The van der Waals surface area contributed by atoms with Gasteiger partial charge in [-0.2, -0.15) is 0 Å². The lowest BCUT2D eigenvalue weighted by Gasteiger charge is -2.07. The number of fused-ring (bicyclic) bond motifs is 1. The number of rotatable bonds is 6. The number of hydrogen-bond donors (Lipinski definition) is 1. The fourth-order valence-corrected chi connectivity index (χ4v) is 3.37. The van der Waals surface area contributed by atoms with Gasteiger partial charge in [0.2, 0.25) is 0 Å². The van der Waals surface area contributed by atoms with Crippen LogP contribution >= 0.6 is 11.3 Å². The minimum absolute atomic E-state index is 0.855. The number of thiazole rings is 1. The molecule has 0 saturated heterocycles. The van der Waals surface area contributed by atoms with Gasteiger partial charge in [-0.3, -0.25) is 0 Å². The summed E-state index contributed by atoms with van der Waals surface area (Å²) in [6.07, 6.45) is 3.34. The maximum absolute atomic E-state index is 4.56. The molecule has 1 aromatic carbocycles. The van der Waals surface area contributed by atoms with Crippen molar-refractivity contribution in [1.82, 2.24) is 14.9 Å². The van der Waals surface area contributed by atoms with Crippen LogP contribution in [-0.2, 0) is 13.1 Å². The fourth-order valence-electron chi connectivity index (χ4n) is 2.60. The van der Waals surface area contributed by atoms with Crippen LogP contribution in [0.1, 0.15) is 29.6 Å². The lowest BCUT2D eigenvalue weighted by molar-refractivity contribution is 0.678. The Morgan fingerprint density at radius 1 is 1.29 bits per heavy atom. The van der Waals surface area contributed by atoms with Gasteiger partial charge in [-0.05, 0) is 37.6 Å². The summed E-state index contributed by atoms with van der Waals surface area (Å²) in [5.74, 6) is 0. The van der Waals surface area contributed by atoms with E-state index in [-0.39, 0.29) is 0 Å². The molecule has 0 fully saturated rings. The Balaban J connectivity index is 1.86. The minimum atomic E-state index is 0.855. The highest BCUT2D eigenvalue weighted by molar-refractivity contribution is 7.09. The van der Waals surface area contributed by atoms with E-state index in [1.165, 1.54) is 27.9 Å². The maximum Gasteiger partial charge on any atom is 0.113 e. The molecule has 3 rings (SSSR count). The molecule has 0 aliphatic heterocycles. The smallest absolute Gasteiger partial charge is 0.113 e. The van der Waals surface area contributed by atoms with Gasteiger partial charge < -0.3 is 9.88 Å². The van der Waals surface area contributed by atoms with Crippen molar-refractivity contribution in [3.05, 3.63) is 52.1 Å². The predicted molar refractivity (Wildman–Crippen MR) is 89.9 cm³/mol. The summed E-state index contributed by atoms with van der Waals surface area (Å²) in [5, 5.41) is 8.11. The topological polar surface area (TPSA) is 29.9 Å². The van der Waals surface area contributed by atoms with Crippen LogP contribution in [0.4, 0.5) is 0 Å². The van der Waals surface area contributed by atoms with Gasteiger partial charge in [0, 0.05) is 34.7 Å². The van der Waals surface area contributed by atoms with Crippen LogP contribution < -0.4 is 5.32 Å². The second kappa shape index (κ2) is 6.41. The minimum Gasteiger partial charge on any atom is -0.341 e. The zero-order chi connectivity index (χ0) is 14.7. The Kier molecular flexibility index (Phi) is 4.36. The summed E-state index contributed by atoms with van der Waals surface area (Å²) in [7, 11) is 0. The van der Waals surface area contributed by atoms with Gasteiger partial charge >= 0.3 is 0 Å². The first-order valence-electron chi connectivity index (χ1n) is 7.46. The molecule has 3 aromatic rings. The van der Waals surface area contributed by atoms with E-state index in [1.807, 2.05) is 6.92 Å². The maximum atomic E-state index is 4.56. The fraction of sp³-hybridized carbons (Fsp3) is 0.353. The molecule has 2 heterocycles. The van der Waals surface area contributed by atoms with Crippen molar-refractivity contribution >= 4 is 22.2 Å². The Morgan fingerprint density at radius 2 is 2.19 bits per heavy atom. The SMILES string of the molecule is CCCNCc1cccc2c1ccn2Cc1nc(C)cs1. The second-order valence-corrected chi connectivity index (χ2v) is 6.30. The highest BCUT2D eigenvalue weighted by atomic mass is 32.1. The Bertz CT molecular complexity index is 727. The molecule has 21 heavy (non-hydrogen) atoms. The third-order valence-corrected chi connectivity index (χ3v) is 4.57. The van der Waals surface area contributed by atoms with E-state index in [1.54, 1.807) is 11.3 Å². The first kappa shape index (κ1) is 14.3. The predicted octanol–water partition coefficient (Wildman–Crippen LogP) is 3.95. The molecule has 0 saturated carbocycles. The number of aryl methyl sites for hydroxylation is 1. The molecule has 0 aliphatic carbocycles. The molecular formula is C17H21N3S. The van der Waals surface area contributed by atoms with Gasteiger partial charge in [0.15, 0.2) is 0 Å². The van der Waals surface area contributed by atoms with Crippen LogP contribution in [0.25, 0.3) is 10.9 Å². The summed E-state index contributed by atoms with van der Waals surface area (Å²) in [6, 6.07) is 8.77. The van der Waals surface area contributed by atoms with Gasteiger partial charge in [0.05, 0.1) is 6.54 Å². The van der Waals surface area contributed by atoms with Gasteiger partial charge in [-0.25, -0.2) is 4.98 Å². The number of hydrogen-bond acceptors (Lipinski definition) is 3. The van der Waals surface area contributed by atoms with E-state index >= 15 is 0 Å². The highest BCUT2D eigenvalue weighted by Gasteiger charge is 2.07. The number of nitrogens with zero attached hydrogens (tertiary/aromatic N) is 2. The van der Waals surface area contributed by atoms with E-state index in [4.69, 9.17) is 0 Å². The molecule has 0 radical (unpaired) electrons. The molecular weight excluding hydrogens is 278 g/mol. The summed E-state index contributed by atoms with van der Waals surface area (Å²) in [5.41, 5.74) is 3.77. The van der Waals surface area contributed by atoms with Gasteiger partial charge in [0.25, 0.3) is 0 Å². The van der Waals surface area contributed by atoms with Crippen LogP contribution in [-0.4, -0.2) is 16.1 Å². The molecule has 0 spiro atoms. The molecule has 110 valence electrons. The van der Waals surface area contributed by atoms with Crippen LogP contribution in [0.2, 0.25) is 0 Å². The highest BCUT2D eigenvalue weighted by Crippen LogP contribution is 2.22. The summed E-state index contributed by atoms with van der Waals surface area (Å²) in [6.45, 7) is 7.10. The van der Waals surface area contributed by atoms with Crippen LogP contribution in [0.3, 0.4) is 0 Å². The lowest BCUT2D eigenvalue weighted by atomic mass is 10.1. The molecule has 0 bridgehead atoms. The molecule has 0 unspecified atom stereocenters. The Hall–Kier alpha value is -1.65. The van der Waals surface area contributed by atoms with Crippen molar-refractivity contribution in [2.45, 2.75) is 33.4 Å². The second-order valence-electron chi connectivity index (χ2n) is 5.35. The molecule has 0 aliphatic rings. The van der Waals surface area contributed by atoms with Crippen molar-refractivity contribution in [3.63, 3.8) is 0 Å². The monoisotopic (exact) mass is 299 g/mol. The molecule has 0 amide bonds.